The zero-order valence-corrected chi connectivity index (χ0v) is 16.0. The number of fused-ring (bicyclic) bond motifs is 1. The van der Waals surface area contributed by atoms with Crippen molar-refractivity contribution in [1.29, 1.82) is 0 Å². The molecule has 1 atom stereocenters. The van der Waals surface area contributed by atoms with Gasteiger partial charge in [-0.3, -0.25) is 4.79 Å². The molecule has 0 spiro atoms. The molecule has 3 rings (SSSR count). The number of hydrogen-bond acceptors (Lipinski definition) is 4. The van der Waals surface area contributed by atoms with Crippen LogP contribution in [0, 0.1) is 5.82 Å². The topological polar surface area (TPSA) is 60.7 Å². The maximum Gasteiger partial charge on any atom is 0.501 e. The second kappa shape index (κ2) is 8.04. The summed E-state index contributed by atoms with van der Waals surface area (Å²) in [6, 6.07) is 5.14. The molecule has 0 saturated heterocycles. The van der Waals surface area contributed by atoms with Gasteiger partial charge in [-0.25, -0.2) is 9.18 Å². The van der Waals surface area contributed by atoms with Crippen LogP contribution in [0.15, 0.2) is 35.7 Å². The summed E-state index contributed by atoms with van der Waals surface area (Å²) < 4.78 is 14.5. The highest BCUT2D eigenvalue weighted by Crippen LogP contribution is 2.28. The molecule has 2 aliphatic heterocycles. The monoisotopic (exact) mass is 390 g/mol. The van der Waals surface area contributed by atoms with E-state index in [1.165, 1.54) is 28.5 Å². The number of imide groups is 1. The fraction of sp³-hybridized carbons (Fsp3) is 0.368. The van der Waals surface area contributed by atoms with E-state index in [0.717, 1.165) is 4.90 Å². The van der Waals surface area contributed by atoms with Crippen molar-refractivity contribution in [3.8, 4) is 0 Å². The Balaban J connectivity index is 1.89. The number of thioether (sulfide) groups is 1. The number of halogens is 1. The number of nitrogens with zero attached hydrogens (tertiary/aromatic N) is 3. The Morgan fingerprint density at radius 2 is 1.89 bits per heavy atom. The van der Waals surface area contributed by atoms with E-state index >= 15 is 0 Å². The van der Waals surface area contributed by atoms with Crippen LogP contribution in [0.5, 0.6) is 0 Å². The molecule has 142 valence electrons. The van der Waals surface area contributed by atoms with Crippen LogP contribution in [0.2, 0.25) is 0 Å². The van der Waals surface area contributed by atoms with Crippen LogP contribution in [0.3, 0.4) is 0 Å². The fourth-order valence-corrected chi connectivity index (χ4v) is 4.11. The van der Waals surface area contributed by atoms with E-state index in [1.807, 2.05) is 13.8 Å². The number of benzene rings is 1. The van der Waals surface area contributed by atoms with Crippen molar-refractivity contribution >= 4 is 35.3 Å². The van der Waals surface area contributed by atoms with Gasteiger partial charge in [0.1, 0.15) is 18.1 Å². The number of carbonyl (C=O) groups is 3. The molecule has 1 aromatic rings. The molecule has 4 amide bonds. The fourth-order valence-electron chi connectivity index (χ4n) is 3.14. The number of likely N-dealkylation sites (N-methyl/N-ethyl adjacent to an activating group) is 1. The third-order valence-corrected chi connectivity index (χ3v) is 5.66. The second-order valence-electron chi connectivity index (χ2n) is 6.23. The van der Waals surface area contributed by atoms with Gasteiger partial charge in [-0.15, -0.1) is 11.8 Å². The first-order chi connectivity index (χ1) is 13.0. The summed E-state index contributed by atoms with van der Waals surface area (Å²) in [4.78, 5) is 41.1. The lowest BCUT2D eigenvalue weighted by molar-refractivity contribution is -0.428. The van der Waals surface area contributed by atoms with Gasteiger partial charge in [0, 0.05) is 13.1 Å². The van der Waals surface area contributed by atoms with Gasteiger partial charge in [0.25, 0.3) is 5.91 Å². The molecule has 0 aromatic heterocycles. The van der Waals surface area contributed by atoms with Crippen molar-refractivity contribution in [3.63, 3.8) is 0 Å². The van der Waals surface area contributed by atoms with Crippen molar-refractivity contribution in [1.82, 2.24) is 9.80 Å². The van der Waals surface area contributed by atoms with Crippen molar-refractivity contribution in [2.45, 2.75) is 25.6 Å². The van der Waals surface area contributed by atoms with Crippen LogP contribution < -0.4 is 0 Å². The highest BCUT2D eigenvalue weighted by Gasteiger charge is 2.49. The molecule has 0 saturated carbocycles. The van der Waals surface area contributed by atoms with Crippen LogP contribution in [-0.4, -0.2) is 62.8 Å². The average Bonchev–Trinajstić information content (AvgIpc) is 3.14. The van der Waals surface area contributed by atoms with E-state index in [0.29, 0.717) is 24.4 Å². The number of amides is 4. The Labute approximate surface area is 161 Å². The Hall–Kier alpha value is -2.48. The lowest BCUT2D eigenvalue weighted by atomic mass is 10.1. The minimum atomic E-state index is -0.535. The van der Waals surface area contributed by atoms with Gasteiger partial charge in [0.2, 0.25) is 0 Å². The zero-order valence-electron chi connectivity index (χ0n) is 15.2. The summed E-state index contributed by atoms with van der Waals surface area (Å²) in [6.45, 7) is 4.80. The summed E-state index contributed by atoms with van der Waals surface area (Å²) in [5, 5.41) is 1.23. The molecular formula is C19H21FN3O3S+. The Morgan fingerprint density at radius 1 is 1.22 bits per heavy atom. The van der Waals surface area contributed by atoms with Gasteiger partial charge in [0.05, 0.1) is 0 Å². The molecule has 1 aromatic carbocycles. The predicted octanol–water partition coefficient (Wildman–Crippen LogP) is 2.24. The van der Waals surface area contributed by atoms with Crippen molar-refractivity contribution in [2.24, 2.45) is 0 Å². The van der Waals surface area contributed by atoms with Gasteiger partial charge in [-0.05, 0) is 43.0 Å². The summed E-state index contributed by atoms with van der Waals surface area (Å²) in [5.74, 6) is -0.866. The molecule has 27 heavy (non-hydrogen) atoms. The molecule has 2 heterocycles. The van der Waals surface area contributed by atoms with Crippen LogP contribution in [0.25, 0.3) is 0 Å². The molecule has 6 nitrogen and oxygen atoms in total. The van der Waals surface area contributed by atoms with Gasteiger partial charge in [0.15, 0.2) is 11.8 Å². The summed E-state index contributed by atoms with van der Waals surface area (Å²) in [6.07, 6.45) is 1.72. The van der Waals surface area contributed by atoms with E-state index < -0.39 is 11.3 Å². The molecule has 0 N–H and O–H groups in total. The van der Waals surface area contributed by atoms with Crippen LogP contribution in [0.4, 0.5) is 9.18 Å². The summed E-state index contributed by atoms with van der Waals surface area (Å²) >= 11 is 1.32. The first-order valence-corrected chi connectivity index (χ1v) is 9.74. The summed E-state index contributed by atoms with van der Waals surface area (Å²) in [7, 11) is 0. The first kappa shape index (κ1) is 19.3. The Kier molecular flexibility index (Phi) is 5.74. The number of hydrogen-bond donors (Lipinski definition) is 0. The van der Waals surface area contributed by atoms with E-state index in [9.17, 15) is 18.8 Å². The maximum atomic E-state index is 13.1. The molecule has 0 radical (unpaired) electrons. The van der Waals surface area contributed by atoms with E-state index in [4.69, 9.17) is 0 Å². The number of allylic oxidation sites excluding steroid dienone is 1. The van der Waals surface area contributed by atoms with Gasteiger partial charge in [-0.2, -0.15) is 14.3 Å². The van der Waals surface area contributed by atoms with Crippen molar-refractivity contribution in [3.05, 3.63) is 47.1 Å². The molecule has 0 aliphatic carbocycles. The number of urea groups is 1. The average molecular weight is 390 g/mol. The highest BCUT2D eigenvalue weighted by atomic mass is 32.2. The normalized spacial score (nSPS) is 18.9. The van der Waals surface area contributed by atoms with Crippen LogP contribution in [-0.2, 0) is 16.1 Å². The van der Waals surface area contributed by atoms with Gasteiger partial charge >= 0.3 is 11.9 Å². The molecule has 8 heteroatoms. The van der Waals surface area contributed by atoms with E-state index in [1.54, 1.807) is 28.5 Å². The SMILES string of the molecule is CCN(CC)C(=O)C[N+]1=C2C=CSC2C(=O)N(Cc2ccc(F)cc2)C1=O. The largest absolute Gasteiger partial charge is 0.501 e. The smallest absolute Gasteiger partial charge is 0.340 e. The van der Waals surface area contributed by atoms with Gasteiger partial charge < -0.3 is 4.90 Å². The van der Waals surface area contributed by atoms with Crippen LogP contribution in [0.1, 0.15) is 19.4 Å². The molecule has 0 fully saturated rings. The third-order valence-electron chi connectivity index (χ3n) is 4.65. The molecule has 0 bridgehead atoms. The molecular weight excluding hydrogens is 369 g/mol. The molecule has 2 aliphatic rings. The van der Waals surface area contributed by atoms with Crippen molar-refractivity contribution in [2.75, 3.05) is 19.6 Å². The quantitative estimate of drug-likeness (QED) is 0.699. The zero-order chi connectivity index (χ0) is 19.6. The number of rotatable bonds is 6. The summed E-state index contributed by atoms with van der Waals surface area (Å²) in [5.41, 5.74) is 1.19. The second-order valence-corrected chi connectivity index (χ2v) is 7.25. The minimum absolute atomic E-state index is 0.0399. The van der Waals surface area contributed by atoms with Crippen LogP contribution >= 0.6 is 11.8 Å². The Bertz CT molecular complexity index is 831. The van der Waals surface area contributed by atoms with Crippen molar-refractivity contribution < 1.29 is 23.3 Å². The highest BCUT2D eigenvalue weighted by molar-refractivity contribution is 8.04. The Morgan fingerprint density at radius 3 is 2.52 bits per heavy atom. The predicted molar refractivity (Wildman–Crippen MR) is 101 cm³/mol. The maximum absolute atomic E-state index is 13.1. The van der Waals surface area contributed by atoms with Gasteiger partial charge in [-0.1, -0.05) is 12.1 Å². The number of carbonyl (C=O) groups excluding carboxylic acids is 3. The minimum Gasteiger partial charge on any atom is -0.340 e. The standard InChI is InChI=1S/C19H21FN3O3S/c1-3-21(4-2)16(24)12-22-15-9-10-27-17(15)18(25)23(19(22)26)11-13-5-7-14(20)8-6-13/h5-10,17H,3-4,11-12H2,1-2H3/q+1. The van der Waals surface area contributed by atoms with E-state index in [-0.39, 0.29) is 30.7 Å². The third kappa shape index (κ3) is 3.80. The van der Waals surface area contributed by atoms with E-state index in [2.05, 4.69) is 0 Å². The molecule has 1 unspecified atom stereocenters. The first-order valence-electron chi connectivity index (χ1n) is 8.80. The lowest BCUT2D eigenvalue weighted by Crippen LogP contribution is -2.56. The lowest BCUT2D eigenvalue weighted by Gasteiger charge is -2.25.